The van der Waals surface area contributed by atoms with Gasteiger partial charge in [0, 0.05) is 13.0 Å². The highest BCUT2D eigenvalue weighted by Crippen LogP contribution is 2.30. The van der Waals surface area contributed by atoms with Crippen LogP contribution in [0, 0.1) is 0 Å². The van der Waals surface area contributed by atoms with Crippen LogP contribution in [0.15, 0.2) is 30.5 Å². The Hall–Kier alpha value is -2.41. The topological polar surface area (TPSA) is 91.3 Å². The van der Waals surface area contributed by atoms with E-state index < -0.39 is 5.60 Å². The molecule has 2 N–H and O–H groups in total. The normalized spacial score (nSPS) is 20.8. The molecule has 7 heteroatoms. The van der Waals surface area contributed by atoms with Crippen LogP contribution in [0.3, 0.4) is 0 Å². The quantitative estimate of drug-likeness (QED) is 0.861. The first-order valence-electron chi connectivity index (χ1n) is 8.11. The van der Waals surface area contributed by atoms with Gasteiger partial charge in [-0.2, -0.15) is 15.4 Å². The van der Waals surface area contributed by atoms with Crippen molar-refractivity contribution in [3.05, 3.63) is 41.7 Å². The Morgan fingerprint density at radius 2 is 2.29 bits per heavy atom. The molecule has 128 valence electrons. The number of aryl methyl sites for hydroxylation is 1. The maximum Gasteiger partial charge on any atom is 0.223 e. The summed E-state index contributed by atoms with van der Waals surface area (Å²) in [6.07, 6.45) is 3.83. The average Bonchev–Trinajstić information content (AvgIpc) is 3.15. The zero-order valence-corrected chi connectivity index (χ0v) is 13.7. The lowest BCUT2D eigenvalue weighted by atomic mass is 9.89. The summed E-state index contributed by atoms with van der Waals surface area (Å²) in [5.74, 6) is 0.825. The Balaban J connectivity index is 1.63. The van der Waals surface area contributed by atoms with E-state index >= 15 is 0 Å². The fourth-order valence-electron chi connectivity index (χ4n) is 3.19. The number of benzene rings is 1. The molecule has 1 aromatic heterocycles. The van der Waals surface area contributed by atoms with Crippen LogP contribution in [0.5, 0.6) is 5.75 Å². The minimum absolute atomic E-state index is 0.0301. The van der Waals surface area contributed by atoms with Gasteiger partial charge in [0.25, 0.3) is 0 Å². The van der Waals surface area contributed by atoms with Gasteiger partial charge in [-0.25, -0.2) is 0 Å². The predicted octanol–water partition coefficient (Wildman–Crippen LogP) is 1.26. The van der Waals surface area contributed by atoms with Crippen molar-refractivity contribution in [3.63, 3.8) is 0 Å². The molecule has 0 spiro atoms. The van der Waals surface area contributed by atoms with E-state index in [4.69, 9.17) is 4.74 Å². The molecule has 0 aliphatic carbocycles. The number of nitrogens with one attached hydrogen (secondary N) is 1. The number of rotatable bonds is 5. The Bertz CT molecular complexity index is 689. The number of hydrogen-bond acceptors (Lipinski definition) is 5. The highest BCUT2D eigenvalue weighted by atomic mass is 16.5. The van der Waals surface area contributed by atoms with Crippen LogP contribution in [0.2, 0.25) is 0 Å². The number of hydrogen-bond donors (Lipinski definition) is 2. The lowest BCUT2D eigenvalue weighted by Gasteiger charge is -2.38. The predicted molar refractivity (Wildman–Crippen MR) is 87.4 cm³/mol. The first-order chi connectivity index (χ1) is 11.6. The van der Waals surface area contributed by atoms with Gasteiger partial charge in [0.15, 0.2) is 0 Å². The maximum absolute atomic E-state index is 12.6. The van der Waals surface area contributed by atoms with Crippen molar-refractivity contribution in [3.8, 4) is 5.75 Å². The molecule has 0 radical (unpaired) electrons. The number of carbonyl (C=O) groups excluding carboxylic acids is 1. The van der Waals surface area contributed by atoms with Gasteiger partial charge in [-0.05, 0) is 30.9 Å². The summed E-state index contributed by atoms with van der Waals surface area (Å²) in [5, 5.41) is 21.0. The van der Waals surface area contributed by atoms with Crippen molar-refractivity contribution in [1.29, 1.82) is 0 Å². The third kappa shape index (κ3) is 3.41. The van der Waals surface area contributed by atoms with Crippen LogP contribution in [0.1, 0.15) is 30.5 Å². The van der Waals surface area contributed by atoms with Crippen LogP contribution < -0.4 is 4.74 Å². The summed E-state index contributed by atoms with van der Waals surface area (Å²) < 4.78 is 5.32. The van der Waals surface area contributed by atoms with E-state index in [0.29, 0.717) is 31.5 Å². The van der Waals surface area contributed by atoms with Gasteiger partial charge in [0.1, 0.15) is 17.0 Å². The summed E-state index contributed by atoms with van der Waals surface area (Å²) in [6.45, 7) is 0.912. The summed E-state index contributed by atoms with van der Waals surface area (Å²) in [5.41, 5.74) is 0.382. The second kappa shape index (κ2) is 7.00. The number of piperidine rings is 1. The summed E-state index contributed by atoms with van der Waals surface area (Å²) in [6, 6.07) is 7.71. The third-order valence-corrected chi connectivity index (χ3v) is 4.52. The average molecular weight is 330 g/mol. The van der Waals surface area contributed by atoms with E-state index in [1.54, 1.807) is 12.0 Å². The number of aromatic amines is 1. The standard InChI is InChI=1S/C17H22N4O3/c1-24-14-6-3-2-5-13(14)7-8-16(22)21-10-4-9-17(23,12-21)15-11-18-20-19-15/h2-3,5-6,11,23H,4,7-10,12H2,1H3,(H,18,19,20). The van der Waals surface area contributed by atoms with E-state index in [2.05, 4.69) is 15.4 Å². The molecule has 1 saturated heterocycles. The number of para-hydroxylation sites is 1. The fourth-order valence-corrected chi connectivity index (χ4v) is 3.19. The van der Waals surface area contributed by atoms with Gasteiger partial charge in [0.05, 0.1) is 19.9 Å². The molecule has 2 aromatic rings. The molecule has 1 fully saturated rings. The van der Waals surface area contributed by atoms with E-state index in [0.717, 1.165) is 17.7 Å². The molecule has 0 bridgehead atoms. The van der Waals surface area contributed by atoms with E-state index in [1.807, 2.05) is 24.3 Å². The first kappa shape index (κ1) is 16.4. The van der Waals surface area contributed by atoms with Crippen LogP contribution in [-0.2, 0) is 16.8 Å². The number of aromatic nitrogens is 3. The molecule has 24 heavy (non-hydrogen) atoms. The Kier molecular flexibility index (Phi) is 4.80. The molecule has 7 nitrogen and oxygen atoms in total. The lowest BCUT2D eigenvalue weighted by Crippen LogP contribution is -2.48. The fraction of sp³-hybridized carbons (Fsp3) is 0.471. The van der Waals surface area contributed by atoms with Crippen LogP contribution >= 0.6 is 0 Å². The first-order valence-corrected chi connectivity index (χ1v) is 8.11. The molecule has 1 aromatic carbocycles. The number of amides is 1. The minimum atomic E-state index is -1.12. The molecule has 1 aliphatic rings. The second-order valence-electron chi connectivity index (χ2n) is 6.12. The SMILES string of the molecule is COc1ccccc1CCC(=O)N1CCCC(O)(c2cn[nH]n2)C1. The molecular weight excluding hydrogens is 308 g/mol. The number of nitrogens with zero attached hydrogens (tertiary/aromatic N) is 3. The molecule has 1 atom stereocenters. The van der Waals surface area contributed by atoms with Gasteiger partial charge < -0.3 is 14.7 Å². The van der Waals surface area contributed by atoms with Crippen molar-refractivity contribution in [2.24, 2.45) is 0 Å². The van der Waals surface area contributed by atoms with Gasteiger partial charge in [0.2, 0.25) is 5.91 Å². The van der Waals surface area contributed by atoms with Crippen molar-refractivity contribution in [2.75, 3.05) is 20.2 Å². The van der Waals surface area contributed by atoms with Crippen molar-refractivity contribution in [2.45, 2.75) is 31.3 Å². The van der Waals surface area contributed by atoms with Crippen LogP contribution in [0.4, 0.5) is 0 Å². The maximum atomic E-state index is 12.6. The van der Waals surface area contributed by atoms with Gasteiger partial charge in [-0.1, -0.05) is 18.2 Å². The molecule has 0 saturated carbocycles. The van der Waals surface area contributed by atoms with E-state index in [-0.39, 0.29) is 12.5 Å². The molecule has 2 heterocycles. The zero-order valence-electron chi connectivity index (χ0n) is 13.7. The van der Waals surface area contributed by atoms with Crippen molar-refractivity contribution >= 4 is 5.91 Å². The lowest BCUT2D eigenvalue weighted by molar-refractivity contribution is -0.139. The Morgan fingerprint density at radius 1 is 1.46 bits per heavy atom. The number of β-amino-alcohol motifs (C(OH)–C–C–N with tert-alkyl or cyclic N) is 1. The van der Waals surface area contributed by atoms with Gasteiger partial charge in [-0.15, -0.1) is 0 Å². The highest BCUT2D eigenvalue weighted by molar-refractivity contribution is 5.76. The van der Waals surface area contributed by atoms with E-state index in [9.17, 15) is 9.90 Å². The smallest absolute Gasteiger partial charge is 0.223 e. The third-order valence-electron chi connectivity index (χ3n) is 4.52. The Morgan fingerprint density at radius 3 is 3.04 bits per heavy atom. The summed E-state index contributed by atoms with van der Waals surface area (Å²) in [7, 11) is 1.63. The number of aliphatic hydroxyl groups is 1. The molecule has 1 unspecified atom stereocenters. The minimum Gasteiger partial charge on any atom is -0.496 e. The van der Waals surface area contributed by atoms with Crippen LogP contribution in [-0.4, -0.2) is 51.5 Å². The number of carbonyl (C=O) groups is 1. The second-order valence-corrected chi connectivity index (χ2v) is 6.12. The largest absolute Gasteiger partial charge is 0.496 e. The monoisotopic (exact) mass is 330 g/mol. The molecule has 1 aliphatic heterocycles. The summed E-state index contributed by atoms with van der Waals surface area (Å²) in [4.78, 5) is 14.3. The number of ether oxygens (including phenoxy) is 1. The summed E-state index contributed by atoms with van der Waals surface area (Å²) >= 11 is 0. The molecule has 1 amide bonds. The number of methoxy groups -OCH3 is 1. The highest BCUT2D eigenvalue weighted by Gasteiger charge is 2.38. The zero-order chi connectivity index (χ0) is 17.0. The van der Waals surface area contributed by atoms with Crippen LogP contribution in [0.25, 0.3) is 0 Å². The number of H-pyrrole nitrogens is 1. The molecular formula is C17H22N4O3. The number of likely N-dealkylation sites (tertiary alicyclic amines) is 1. The van der Waals surface area contributed by atoms with Gasteiger partial charge in [-0.3, -0.25) is 4.79 Å². The molecule has 3 rings (SSSR count). The van der Waals surface area contributed by atoms with Crippen molar-refractivity contribution in [1.82, 2.24) is 20.3 Å². The van der Waals surface area contributed by atoms with E-state index in [1.165, 1.54) is 6.20 Å². The van der Waals surface area contributed by atoms with Gasteiger partial charge >= 0.3 is 0 Å². The Labute approximate surface area is 140 Å². The van der Waals surface area contributed by atoms with Crippen molar-refractivity contribution < 1.29 is 14.6 Å².